The van der Waals surface area contributed by atoms with Crippen LogP contribution in [-0.2, 0) is 13.0 Å². The van der Waals surface area contributed by atoms with Gasteiger partial charge in [0.05, 0.1) is 13.5 Å². The van der Waals surface area contributed by atoms with Crippen LogP contribution in [0.3, 0.4) is 0 Å². The van der Waals surface area contributed by atoms with Gasteiger partial charge in [-0.15, -0.1) is 0 Å². The Bertz CT molecular complexity index is 859. The molecule has 0 bridgehead atoms. The van der Waals surface area contributed by atoms with Crippen molar-refractivity contribution >= 4 is 5.78 Å². The molecule has 6 heteroatoms. The Balaban J connectivity index is 1.65. The molecule has 0 aliphatic rings. The third kappa shape index (κ3) is 4.23. The highest BCUT2D eigenvalue weighted by Gasteiger charge is 2.11. The monoisotopic (exact) mass is 338 g/mol. The van der Waals surface area contributed by atoms with Crippen LogP contribution in [0.1, 0.15) is 34.6 Å². The number of aromatic nitrogens is 2. The average molecular weight is 338 g/mol. The Morgan fingerprint density at radius 2 is 1.92 bits per heavy atom. The van der Waals surface area contributed by atoms with E-state index < -0.39 is 0 Å². The van der Waals surface area contributed by atoms with Gasteiger partial charge in [-0.3, -0.25) is 4.79 Å². The molecule has 0 atom stereocenters. The van der Waals surface area contributed by atoms with E-state index in [1.807, 2.05) is 30.3 Å². The van der Waals surface area contributed by atoms with Crippen molar-refractivity contribution in [2.45, 2.75) is 20.0 Å². The lowest BCUT2D eigenvalue weighted by molar-refractivity contribution is 0.101. The molecule has 0 saturated heterocycles. The van der Waals surface area contributed by atoms with Crippen molar-refractivity contribution in [1.82, 2.24) is 10.1 Å². The normalized spacial score (nSPS) is 10.5. The molecular formula is C19H18N2O4. The number of methoxy groups -OCH3 is 1. The lowest BCUT2D eigenvalue weighted by Crippen LogP contribution is -2.01. The molecule has 0 amide bonds. The molecular weight excluding hydrogens is 320 g/mol. The maximum Gasteiger partial charge on any atom is 0.231 e. The third-order valence-electron chi connectivity index (χ3n) is 3.64. The number of carbonyl (C=O) groups excluding carboxylic acids is 1. The van der Waals surface area contributed by atoms with Crippen molar-refractivity contribution in [2.75, 3.05) is 7.11 Å². The molecule has 0 unspecified atom stereocenters. The van der Waals surface area contributed by atoms with E-state index in [4.69, 9.17) is 14.0 Å². The minimum Gasteiger partial charge on any atom is -0.493 e. The van der Waals surface area contributed by atoms with Gasteiger partial charge in [0.15, 0.2) is 23.9 Å². The smallest absolute Gasteiger partial charge is 0.231 e. The highest BCUT2D eigenvalue weighted by molar-refractivity contribution is 5.94. The molecule has 0 aliphatic heterocycles. The molecule has 0 aliphatic carbocycles. The van der Waals surface area contributed by atoms with Crippen LogP contribution in [-0.4, -0.2) is 23.0 Å². The van der Waals surface area contributed by atoms with E-state index in [1.54, 1.807) is 18.2 Å². The Morgan fingerprint density at radius 1 is 1.12 bits per heavy atom. The Labute approximate surface area is 145 Å². The predicted molar refractivity (Wildman–Crippen MR) is 90.9 cm³/mol. The highest BCUT2D eigenvalue weighted by Crippen LogP contribution is 2.28. The second-order valence-corrected chi connectivity index (χ2v) is 5.48. The van der Waals surface area contributed by atoms with Crippen molar-refractivity contribution in [3.05, 3.63) is 71.4 Å². The fourth-order valence-corrected chi connectivity index (χ4v) is 2.34. The fourth-order valence-electron chi connectivity index (χ4n) is 2.34. The second kappa shape index (κ2) is 7.61. The van der Waals surface area contributed by atoms with E-state index in [-0.39, 0.29) is 12.4 Å². The first kappa shape index (κ1) is 16.7. The zero-order valence-corrected chi connectivity index (χ0v) is 14.1. The number of Topliss-reactive ketones (excluding diaryl/α,β-unsaturated/α-hetero) is 1. The Hall–Kier alpha value is -3.15. The summed E-state index contributed by atoms with van der Waals surface area (Å²) in [6, 6.07) is 14.9. The summed E-state index contributed by atoms with van der Waals surface area (Å²) in [6.07, 6.45) is 0.574. The minimum absolute atomic E-state index is 0.0337. The van der Waals surface area contributed by atoms with Crippen LogP contribution in [0.5, 0.6) is 11.5 Å². The summed E-state index contributed by atoms with van der Waals surface area (Å²) >= 11 is 0. The van der Waals surface area contributed by atoms with E-state index in [0.717, 1.165) is 5.56 Å². The van der Waals surface area contributed by atoms with E-state index in [2.05, 4.69) is 10.1 Å². The molecule has 6 nitrogen and oxygen atoms in total. The molecule has 0 N–H and O–H groups in total. The molecule has 0 fully saturated rings. The SMILES string of the molecule is COc1cc(C(C)=O)ccc1OCc1noc(Cc2ccccc2)n1. The molecule has 0 radical (unpaired) electrons. The van der Waals surface area contributed by atoms with Crippen LogP contribution < -0.4 is 9.47 Å². The van der Waals surface area contributed by atoms with Crippen LogP contribution in [0.15, 0.2) is 53.1 Å². The lowest BCUT2D eigenvalue weighted by atomic mass is 10.1. The van der Waals surface area contributed by atoms with E-state index in [1.165, 1.54) is 14.0 Å². The molecule has 3 rings (SSSR count). The summed E-state index contributed by atoms with van der Waals surface area (Å²) in [5, 5.41) is 3.92. The quantitative estimate of drug-likeness (QED) is 0.614. The molecule has 3 aromatic rings. The number of benzene rings is 2. The van der Waals surface area contributed by atoms with Gasteiger partial charge in [0.1, 0.15) is 0 Å². The predicted octanol–water partition coefficient (Wildman–Crippen LogP) is 3.45. The maximum atomic E-state index is 11.4. The van der Waals surface area contributed by atoms with E-state index >= 15 is 0 Å². The molecule has 1 heterocycles. The zero-order chi connectivity index (χ0) is 17.6. The van der Waals surface area contributed by atoms with Crippen molar-refractivity contribution in [1.29, 1.82) is 0 Å². The molecule has 0 saturated carbocycles. The topological polar surface area (TPSA) is 74.5 Å². The van der Waals surface area contributed by atoms with E-state index in [9.17, 15) is 4.79 Å². The van der Waals surface area contributed by atoms with Gasteiger partial charge in [-0.25, -0.2) is 0 Å². The van der Waals surface area contributed by atoms with Gasteiger partial charge in [-0.1, -0.05) is 35.5 Å². The van der Waals surface area contributed by atoms with Crippen LogP contribution >= 0.6 is 0 Å². The average Bonchev–Trinajstić information content (AvgIpc) is 3.08. The standard InChI is InChI=1S/C19H18N2O4/c1-13(22)15-8-9-16(17(11-15)23-2)24-12-18-20-19(25-21-18)10-14-6-4-3-5-7-14/h3-9,11H,10,12H2,1-2H3. The summed E-state index contributed by atoms with van der Waals surface area (Å²) in [4.78, 5) is 15.8. The third-order valence-corrected chi connectivity index (χ3v) is 3.64. The summed E-state index contributed by atoms with van der Waals surface area (Å²) < 4.78 is 16.2. The Morgan fingerprint density at radius 3 is 2.64 bits per heavy atom. The summed E-state index contributed by atoms with van der Waals surface area (Å²) in [5.74, 6) is 1.95. The molecule has 0 spiro atoms. The first-order chi connectivity index (χ1) is 12.2. The fraction of sp³-hybridized carbons (Fsp3) is 0.211. The van der Waals surface area contributed by atoms with Crippen LogP contribution in [0, 0.1) is 0 Å². The first-order valence-corrected chi connectivity index (χ1v) is 7.83. The van der Waals surface area contributed by atoms with Gasteiger partial charge in [-0.05, 0) is 30.7 Å². The molecule has 1 aromatic heterocycles. The first-order valence-electron chi connectivity index (χ1n) is 7.83. The summed E-state index contributed by atoms with van der Waals surface area (Å²) in [5.41, 5.74) is 1.66. The highest BCUT2D eigenvalue weighted by atomic mass is 16.5. The zero-order valence-electron chi connectivity index (χ0n) is 14.1. The second-order valence-electron chi connectivity index (χ2n) is 5.48. The summed E-state index contributed by atoms with van der Waals surface area (Å²) in [7, 11) is 1.53. The van der Waals surface area contributed by atoms with Crippen molar-refractivity contribution < 1.29 is 18.8 Å². The van der Waals surface area contributed by atoms with Crippen LogP contribution in [0.25, 0.3) is 0 Å². The lowest BCUT2D eigenvalue weighted by Gasteiger charge is -2.10. The van der Waals surface area contributed by atoms with Crippen molar-refractivity contribution in [3.63, 3.8) is 0 Å². The number of carbonyl (C=O) groups is 1. The number of nitrogens with zero attached hydrogens (tertiary/aromatic N) is 2. The molecule has 2 aromatic carbocycles. The van der Waals surface area contributed by atoms with E-state index in [0.29, 0.717) is 35.2 Å². The Kier molecular flexibility index (Phi) is 5.09. The van der Waals surface area contributed by atoms with Crippen LogP contribution in [0.2, 0.25) is 0 Å². The molecule has 128 valence electrons. The summed E-state index contributed by atoms with van der Waals surface area (Å²) in [6.45, 7) is 1.65. The van der Waals surface area contributed by atoms with Gasteiger partial charge in [0.2, 0.25) is 11.7 Å². The largest absolute Gasteiger partial charge is 0.493 e. The van der Waals surface area contributed by atoms with Gasteiger partial charge in [0.25, 0.3) is 0 Å². The number of ether oxygens (including phenoxy) is 2. The van der Waals surface area contributed by atoms with Crippen LogP contribution in [0.4, 0.5) is 0 Å². The van der Waals surface area contributed by atoms with Gasteiger partial charge in [-0.2, -0.15) is 4.98 Å². The molecule has 25 heavy (non-hydrogen) atoms. The number of hydrogen-bond acceptors (Lipinski definition) is 6. The number of hydrogen-bond donors (Lipinski definition) is 0. The van der Waals surface area contributed by atoms with Gasteiger partial charge >= 0.3 is 0 Å². The number of ketones is 1. The number of rotatable bonds is 7. The van der Waals surface area contributed by atoms with Crippen molar-refractivity contribution in [3.8, 4) is 11.5 Å². The van der Waals surface area contributed by atoms with Crippen molar-refractivity contribution in [2.24, 2.45) is 0 Å². The minimum atomic E-state index is -0.0337. The van der Waals surface area contributed by atoms with Gasteiger partial charge < -0.3 is 14.0 Å². The van der Waals surface area contributed by atoms with Gasteiger partial charge in [0, 0.05) is 5.56 Å². The maximum absolute atomic E-state index is 11.4.